The molecule has 0 aliphatic heterocycles. The van der Waals surface area contributed by atoms with Gasteiger partial charge in [0.05, 0.1) is 29.4 Å². The zero-order valence-corrected chi connectivity index (χ0v) is 13.8. The zero-order valence-electron chi connectivity index (χ0n) is 13.0. The minimum atomic E-state index is -0.428. The molecule has 6 heteroatoms. The van der Waals surface area contributed by atoms with Gasteiger partial charge in [-0.05, 0) is 12.8 Å². The third-order valence-corrected chi connectivity index (χ3v) is 5.18. The van der Waals surface area contributed by atoms with Crippen LogP contribution in [0.15, 0.2) is 5.38 Å². The molecule has 21 heavy (non-hydrogen) atoms. The van der Waals surface area contributed by atoms with E-state index in [0.29, 0.717) is 6.54 Å². The van der Waals surface area contributed by atoms with Gasteiger partial charge in [0.2, 0.25) is 0 Å². The molecular weight excluding hydrogens is 286 g/mol. The first kappa shape index (κ1) is 16.2. The van der Waals surface area contributed by atoms with Gasteiger partial charge in [-0.3, -0.25) is 0 Å². The van der Waals surface area contributed by atoms with Crippen molar-refractivity contribution in [2.24, 2.45) is 0 Å². The van der Waals surface area contributed by atoms with E-state index in [2.05, 4.69) is 36.4 Å². The van der Waals surface area contributed by atoms with Crippen LogP contribution in [0.5, 0.6) is 0 Å². The van der Waals surface area contributed by atoms with E-state index in [1.807, 2.05) is 5.38 Å². The van der Waals surface area contributed by atoms with Crippen molar-refractivity contribution in [3.63, 3.8) is 0 Å². The number of aliphatic hydroxyl groups is 1. The zero-order chi connectivity index (χ0) is 15.5. The van der Waals surface area contributed by atoms with Gasteiger partial charge in [0.1, 0.15) is 0 Å². The fourth-order valence-electron chi connectivity index (χ4n) is 2.56. The van der Waals surface area contributed by atoms with E-state index in [-0.39, 0.29) is 18.1 Å². The molecule has 3 N–H and O–H groups in total. The maximum absolute atomic E-state index is 12.0. The summed E-state index contributed by atoms with van der Waals surface area (Å²) >= 11 is 1.62. The largest absolute Gasteiger partial charge is 0.394 e. The number of carbonyl (C=O) groups excluding carboxylic acids is 1. The molecule has 1 aromatic heterocycles. The highest BCUT2D eigenvalue weighted by Crippen LogP contribution is 2.29. The molecule has 0 radical (unpaired) electrons. The average molecular weight is 311 g/mol. The number of hydrogen-bond acceptors (Lipinski definition) is 4. The van der Waals surface area contributed by atoms with Crippen LogP contribution in [0.25, 0.3) is 0 Å². The van der Waals surface area contributed by atoms with Crippen LogP contribution in [0.2, 0.25) is 0 Å². The van der Waals surface area contributed by atoms with Crippen LogP contribution in [-0.4, -0.2) is 28.3 Å². The summed E-state index contributed by atoms with van der Waals surface area (Å²) in [6.07, 6.45) is 3.81. The molecule has 1 aliphatic rings. The lowest BCUT2D eigenvalue weighted by Gasteiger charge is -2.27. The quantitative estimate of drug-likeness (QED) is 0.800. The van der Waals surface area contributed by atoms with Crippen LogP contribution in [0.3, 0.4) is 0 Å². The van der Waals surface area contributed by atoms with Gasteiger partial charge >= 0.3 is 6.03 Å². The van der Waals surface area contributed by atoms with E-state index in [9.17, 15) is 9.90 Å². The monoisotopic (exact) mass is 311 g/mol. The topological polar surface area (TPSA) is 74.2 Å². The lowest BCUT2D eigenvalue weighted by molar-refractivity contribution is 0.162. The van der Waals surface area contributed by atoms with Crippen molar-refractivity contribution in [2.75, 3.05) is 6.61 Å². The molecule has 2 rings (SSSR count). The second-order valence-corrected chi connectivity index (χ2v) is 7.71. The fourth-order valence-corrected chi connectivity index (χ4v) is 3.47. The molecule has 0 saturated heterocycles. The first-order valence-electron chi connectivity index (χ1n) is 7.46. The standard InChI is InChI=1S/C15H25N3O2S/c1-14(2,3)12-17-11(9-21-12)8-16-13(20)18-15(10-19)6-4-5-7-15/h9,19H,4-8,10H2,1-3H3,(H2,16,18,20). The summed E-state index contributed by atoms with van der Waals surface area (Å²) < 4.78 is 0. The Bertz CT molecular complexity index is 487. The Labute approximate surface area is 130 Å². The molecule has 0 spiro atoms. The van der Waals surface area contributed by atoms with Crippen LogP contribution < -0.4 is 10.6 Å². The summed E-state index contributed by atoms with van der Waals surface area (Å²) in [5.41, 5.74) is 0.489. The van der Waals surface area contributed by atoms with E-state index in [1.54, 1.807) is 11.3 Å². The molecule has 5 nitrogen and oxygen atoms in total. The number of aromatic nitrogens is 1. The molecule has 1 aromatic rings. The highest BCUT2D eigenvalue weighted by atomic mass is 32.1. The first-order valence-corrected chi connectivity index (χ1v) is 8.34. The number of aliphatic hydroxyl groups excluding tert-OH is 1. The number of thiazole rings is 1. The Morgan fingerprint density at radius 2 is 2.10 bits per heavy atom. The number of rotatable bonds is 4. The molecular formula is C15H25N3O2S. The second kappa shape index (κ2) is 6.32. The molecule has 1 saturated carbocycles. The van der Waals surface area contributed by atoms with Crippen molar-refractivity contribution in [2.45, 2.75) is 64.0 Å². The third kappa shape index (κ3) is 4.17. The van der Waals surface area contributed by atoms with Gasteiger partial charge in [0, 0.05) is 10.8 Å². The third-order valence-electron chi connectivity index (χ3n) is 3.87. The summed E-state index contributed by atoms with van der Waals surface area (Å²) in [6, 6.07) is -0.226. The van der Waals surface area contributed by atoms with Crippen molar-refractivity contribution >= 4 is 17.4 Å². The lowest BCUT2D eigenvalue weighted by Crippen LogP contribution is -2.52. The van der Waals surface area contributed by atoms with Crippen LogP contribution in [0.1, 0.15) is 57.2 Å². The maximum atomic E-state index is 12.0. The van der Waals surface area contributed by atoms with Crippen LogP contribution >= 0.6 is 11.3 Å². The number of nitrogens with zero attached hydrogens (tertiary/aromatic N) is 1. The van der Waals surface area contributed by atoms with E-state index in [1.165, 1.54) is 0 Å². The van der Waals surface area contributed by atoms with E-state index in [0.717, 1.165) is 36.4 Å². The predicted octanol–water partition coefficient (Wildman–Crippen LogP) is 2.54. The molecule has 0 bridgehead atoms. The highest BCUT2D eigenvalue weighted by molar-refractivity contribution is 7.09. The first-order chi connectivity index (χ1) is 9.85. The predicted molar refractivity (Wildman–Crippen MR) is 84.5 cm³/mol. The Kier molecular flexibility index (Phi) is 4.88. The second-order valence-electron chi connectivity index (χ2n) is 6.85. The van der Waals surface area contributed by atoms with Gasteiger partial charge in [-0.1, -0.05) is 33.6 Å². The summed E-state index contributed by atoms with van der Waals surface area (Å²) in [7, 11) is 0. The highest BCUT2D eigenvalue weighted by Gasteiger charge is 2.34. The van der Waals surface area contributed by atoms with Crippen molar-refractivity contribution in [1.82, 2.24) is 15.6 Å². The number of hydrogen-bond donors (Lipinski definition) is 3. The summed E-state index contributed by atoms with van der Waals surface area (Å²) in [4.78, 5) is 16.5. The van der Waals surface area contributed by atoms with Crippen molar-refractivity contribution in [3.05, 3.63) is 16.1 Å². The average Bonchev–Trinajstić information content (AvgIpc) is 3.05. The normalized spacial score (nSPS) is 17.7. The molecule has 2 amide bonds. The molecule has 1 heterocycles. The lowest BCUT2D eigenvalue weighted by atomic mass is 9.98. The Hall–Kier alpha value is -1.14. The number of carbonyl (C=O) groups is 1. The van der Waals surface area contributed by atoms with Crippen LogP contribution in [0.4, 0.5) is 4.79 Å². The maximum Gasteiger partial charge on any atom is 0.315 e. The summed E-state index contributed by atoms with van der Waals surface area (Å²) in [6.45, 7) is 6.80. The van der Waals surface area contributed by atoms with Crippen molar-refractivity contribution in [1.29, 1.82) is 0 Å². The number of urea groups is 1. The molecule has 0 aromatic carbocycles. The number of nitrogens with one attached hydrogen (secondary N) is 2. The van der Waals surface area contributed by atoms with Gasteiger partial charge in [-0.15, -0.1) is 11.3 Å². The van der Waals surface area contributed by atoms with E-state index < -0.39 is 5.54 Å². The van der Waals surface area contributed by atoms with Crippen molar-refractivity contribution < 1.29 is 9.90 Å². The summed E-state index contributed by atoms with van der Waals surface area (Å²) in [5, 5.41) is 18.3. The SMILES string of the molecule is CC(C)(C)c1nc(CNC(=O)NC2(CO)CCCC2)cs1. The fraction of sp³-hybridized carbons (Fsp3) is 0.733. The van der Waals surface area contributed by atoms with Crippen molar-refractivity contribution in [3.8, 4) is 0 Å². The minimum absolute atomic E-state index is 0.00525. The number of amides is 2. The minimum Gasteiger partial charge on any atom is -0.394 e. The molecule has 0 atom stereocenters. The van der Waals surface area contributed by atoms with Gasteiger partial charge < -0.3 is 15.7 Å². The Morgan fingerprint density at radius 3 is 2.62 bits per heavy atom. The molecule has 1 aliphatic carbocycles. The molecule has 0 unspecified atom stereocenters. The summed E-state index contributed by atoms with van der Waals surface area (Å²) in [5.74, 6) is 0. The van der Waals surface area contributed by atoms with Gasteiger partial charge in [0.15, 0.2) is 0 Å². The molecule has 118 valence electrons. The van der Waals surface area contributed by atoms with Gasteiger partial charge in [-0.2, -0.15) is 0 Å². The van der Waals surface area contributed by atoms with E-state index >= 15 is 0 Å². The Morgan fingerprint density at radius 1 is 1.43 bits per heavy atom. The van der Waals surface area contributed by atoms with Crippen LogP contribution in [-0.2, 0) is 12.0 Å². The van der Waals surface area contributed by atoms with Gasteiger partial charge in [-0.25, -0.2) is 9.78 Å². The van der Waals surface area contributed by atoms with E-state index in [4.69, 9.17) is 0 Å². The van der Waals surface area contributed by atoms with Crippen LogP contribution in [0, 0.1) is 0 Å². The Balaban J connectivity index is 1.85. The van der Waals surface area contributed by atoms with Gasteiger partial charge in [0.25, 0.3) is 0 Å². The molecule has 1 fully saturated rings. The smallest absolute Gasteiger partial charge is 0.315 e.